The van der Waals surface area contributed by atoms with Crippen molar-refractivity contribution in [3.05, 3.63) is 135 Å². The van der Waals surface area contributed by atoms with Crippen molar-refractivity contribution >= 4 is 11.9 Å². The van der Waals surface area contributed by atoms with Crippen LogP contribution in [0.5, 0.6) is 5.75 Å². The molecule has 4 rings (SSSR count). The maximum Gasteiger partial charge on any atom is 0.461 e. The molecule has 0 aliphatic carbocycles. The molecule has 0 fully saturated rings. The van der Waals surface area contributed by atoms with Gasteiger partial charge in [-0.2, -0.15) is 43.9 Å². The molecule has 0 saturated carbocycles. The number of ether oxygens (including phenoxy) is 1. The number of aromatic carboxylic acids is 1. The molecule has 50 heavy (non-hydrogen) atoms. The molecule has 0 saturated heterocycles. The molecule has 4 aromatic carbocycles. The smallest absolute Gasteiger partial charge is 0.461 e. The van der Waals surface area contributed by atoms with Crippen molar-refractivity contribution in [2.75, 3.05) is 0 Å². The van der Waals surface area contributed by atoms with Crippen LogP contribution in [0.25, 0.3) is 0 Å². The minimum absolute atomic E-state index is 0.0200. The third-order valence-electron chi connectivity index (χ3n) is 7.17. The zero-order valence-electron chi connectivity index (χ0n) is 24.4. The molecule has 4 aromatic rings. The fourth-order valence-corrected chi connectivity index (χ4v) is 4.86. The summed E-state index contributed by atoms with van der Waals surface area (Å²) in [5.74, 6) is -9.72. The monoisotopic (exact) mass is 727 g/mol. The van der Waals surface area contributed by atoms with Crippen LogP contribution in [0.3, 0.4) is 0 Å². The number of nitrogens with one attached hydrogen (secondary N) is 1. The number of halogens is 13. The Balaban J connectivity index is 2.07. The first-order chi connectivity index (χ1) is 23.0. The minimum Gasteiger partial charge on any atom is -0.478 e. The summed E-state index contributed by atoms with van der Waals surface area (Å²) in [5.41, 5.74) is -9.85. The number of alkyl halides is 10. The van der Waals surface area contributed by atoms with E-state index < -0.39 is 99.7 Å². The van der Waals surface area contributed by atoms with E-state index in [9.17, 15) is 67.4 Å². The molecule has 2 N–H and O–H groups in total. The number of carbonyl (C=O) groups is 2. The molecule has 5 nitrogen and oxygen atoms in total. The zero-order chi connectivity index (χ0) is 37.4. The highest BCUT2D eigenvalue weighted by atomic mass is 19.4. The molecular formula is C32H18F13NO4. The molecule has 18 heteroatoms. The number of carboxylic acids is 1. The molecule has 1 unspecified atom stereocenters. The predicted octanol–water partition coefficient (Wildman–Crippen LogP) is 8.99. The van der Waals surface area contributed by atoms with Crippen molar-refractivity contribution in [1.29, 1.82) is 0 Å². The average molecular weight is 727 g/mol. The van der Waals surface area contributed by atoms with Crippen molar-refractivity contribution in [3.63, 3.8) is 0 Å². The summed E-state index contributed by atoms with van der Waals surface area (Å²) in [7, 11) is 0. The summed E-state index contributed by atoms with van der Waals surface area (Å²) in [4.78, 5) is 25.0. The van der Waals surface area contributed by atoms with Gasteiger partial charge >= 0.3 is 30.9 Å². The first-order valence-electron chi connectivity index (χ1n) is 13.6. The number of benzene rings is 4. The van der Waals surface area contributed by atoms with E-state index in [1.54, 1.807) is 0 Å². The summed E-state index contributed by atoms with van der Waals surface area (Å²) >= 11 is 0. The molecular weight excluding hydrogens is 709 g/mol. The molecule has 0 aromatic heterocycles. The maximum atomic E-state index is 15.1. The van der Waals surface area contributed by atoms with E-state index >= 15 is 4.39 Å². The summed E-state index contributed by atoms with van der Waals surface area (Å²) < 4.78 is 183. The molecule has 0 bridgehead atoms. The highest BCUT2D eigenvalue weighted by Gasteiger charge is 2.46. The zero-order valence-corrected chi connectivity index (χ0v) is 24.4. The Morgan fingerprint density at radius 3 is 1.76 bits per heavy atom. The lowest BCUT2D eigenvalue weighted by molar-refractivity contribution is -0.253. The van der Waals surface area contributed by atoms with Crippen LogP contribution >= 0.6 is 0 Å². The summed E-state index contributed by atoms with van der Waals surface area (Å²) in [5, 5.41) is 11.4. The second-order valence-electron chi connectivity index (χ2n) is 10.6. The Hall–Kier alpha value is -5.29. The van der Waals surface area contributed by atoms with Crippen molar-refractivity contribution in [2.24, 2.45) is 0 Å². The van der Waals surface area contributed by atoms with Gasteiger partial charge in [-0.25, -0.2) is 18.0 Å². The Kier molecular flexibility index (Phi) is 10.2. The van der Waals surface area contributed by atoms with E-state index in [1.807, 2.05) is 0 Å². The normalized spacial score (nSPS) is 13.6. The molecule has 0 aliphatic heterocycles. The minimum atomic E-state index is -5.45. The van der Waals surface area contributed by atoms with E-state index in [0.717, 1.165) is 24.3 Å². The fraction of sp³-hybridized carbons (Fsp3) is 0.188. The lowest BCUT2D eigenvalue weighted by atomic mass is 9.76. The van der Waals surface area contributed by atoms with Gasteiger partial charge in [-0.3, -0.25) is 4.79 Å². The predicted molar refractivity (Wildman–Crippen MR) is 146 cm³/mol. The number of amides is 1. The van der Waals surface area contributed by atoms with E-state index in [0.29, 0.717) is 24.3 Å². The molecule has 266 valence electrons. The van der Waals surface area contributed by atoms with Crippen LogP contribution in [0.1, 0.15) is 48.5 Å². The van der Waals surface area contributed by atoms with Gasteiger partial charge in [0.1, 0.15) is 23.2 Å². The van der Waals surface area contributed by atoms with Gasteiger partial charge < -0.3 is 15.2 Å². The molecule has 0 heterocycles. The standard InChI is InChI=1S/C32H18F13NO4/c33-20-10-19(11-21(13-20)50-32(44,45)28(36)37)29(14-15-1-3-16(4-2-15)27(48)49,18-6-8-25(35)23(12-18)31(41,42)43)46-26(47)17-5-7-24(34)22(9-17)30(38,39)40/h1-13,28H,14H2,(H,46,47)(H,48,49). The first kappa shape index (κ1) is 37.5. The third kappa shape index (κ3) is 8.11. The van der Waals surface area contributed by atoms with Crippen molar-refractivity contribution < 1.29 is 76.5 Å². The van der Waals surface area contributed by atoms with Crippen LogP contribution in [-0.4, -0.2) is 29.5 Å². The Bertz CT molecular complexity index is 1910. The second kappa shape index (κ2) is 13.5. The van der Waals surface area contributed by atoms with Crippen LogP contribution in [-0.2, 0) is 24.3 Å². The highest BCUT2D eigenvalue weighted by Crippen LogP contribution is 2.41. The van der Waals surface area contributed by atoms with Crippen LogP contribution in [0, 0.1) is 17.5 Å². The van der Waals surface area contributed by atoms with Crippen molar-refractivity contribution in [1.82, 2.24) is 5.32 Å². The Labute approximate surface area is 271 Å². The second-order valence-corrected chi connectivity index (χ2v) is 10.6. The maximum absolute atomic E-state index is 15.1. The molecule has 1 atom stereocenters. The largest absolute Gasteiger partial charge is 0.478 e. The molecule has 0 radical (unpaired) electrons. The van der Waals surface area contributed by atoms with Gasteiger partial charge in [0.25, 0.3) is 5.91 Å². The number of rotatable bonds is 10. The fourth-order valence-electron chi connectivity index (χ4n) is 4.86. The van der Waals surface area contributed by atoms with Gasteiger partial charge in [-0.15, -0.1) is 0 Å². The number of carboxylic acid groups (broad SMARTS) is 1. The van der Waals surface area contributed by atoms with Crippen LogP contribution < -0.4 is 10.1 Å². The summed E-state index contributed by atoms with van der Waals surface area (Å²) in [6.45, 7) is 0. The number of hydrogen-bond acceptors (Lipinski definition) is 3. The summed E-state index contributed by atoms with van der Waals surface area (Å²) in [6.07, 6.45) is -21.5. The topological polar surface area (TPSA) is 75.6 Å². The van der Waals surface area contributed by atoms with Gasteiger partial charge in [0.05, 0.1) is 22.2 Å². The highest BCUT2D eigenvalue weighted by molar-refractivity contribution is 5.95. The molecule has 0 aliphatic rings. The average Bonchev–Trinajstić information content (AvgIpc) is 2.99. The van der Waals surface area contributed by atoms with E-state index in [2.05, 4.69) is 10.1 Å². The Morgan fingerprint density at radius 2 is 1.22 bits per heavy atom. The van der Waals surface area contributed by atoms with E-state index in [1.165, 1.54) is 0 Å². The van der Waals surface area contributed by atoms with Crippen LogP contribution in [0.15, 0.2) is 78.9 Å². The first-order valence-corrected chi connectivity index (χ1v) is 13.6. The van der Waals surface area contributed by atoms with E-state index in [-0.39, 0.29) is 41.5 Å². The number of carbonyl (C=O) groups excluding carboxylic acids is 1. The van der Waals surface area contributed by atoms with Crippen LogP contribution in [0.2, 0.25) is 0 Å². The SMILES string of the molecule is O=C(O)c1ccc(CC(NC(=O)c2ccc(F)c(C(F)(F)F)c2)(c2cc(F)cc(OC(F)(F)C(F)F)c2)c2ccc(F)c(C(F)(F)F)c2)cc1. The van der Waals surface area contributed by atoms with Crippen molar-refractivity contribution in [3.8, 4) is 5.75 Å². The van der Waals surface area contributed by atoms with Gasteiger partial charge in [0, 0.05) is 18.1 Å². The summed E-state index contributed by atoms with van der Waals surface area (Å²) in [6, 6.07) is 6.73. The van der Waals surface area contributed by atoms with Gasteiger partial charge in [0.2, 0.25) is 0 Å². The van der Waals surface area contributed by atoms with Crippen molar-refractivity contribution in [2.45, 2.75) is 36.8 Å². The molecule has 1 amide bonds. The Morgan fingerprint density at radius 1 is 0.680 bits per heavy atom. The third-order valence-corrected chi connectivity index (χ3v) is 7.17. The van der Waals surface area contributed by atoms with Gasteiger partial charge in [-0.1, -0.05) is 18.2 Å². The quantitative estimate of drug-likeness (QED) is 0.160. The lowest BCUT2D eigenvalue weighted by Gasteiger charge is -2.37. The lowest BCUT2D eigenvalue weighted by Crippen LogP contribution is -2.49. The van der Waals surface area contributed by atoms with E-state index in [4.69, 9.17) is 0 Å². The number of hydrogen-bond donors (Lipinski definition) is 2. The van der Waals surface area contributed by atoms with Crippen LogP contribution in [0.4, 0.5) is 57.1 Å². The van der Waals surface area contributed by atoms with Gasteiger partial charge in [0.15, 0.2) is 0 Å². The molecule has 0 spiro atoms. The van der Waals surface area contributed by atoms with Gasteiger partial charge in [-0.05, 0) is 71.3 Å².